The van der Waals surface area contributed by atoms with Crippen molar-refractivity contribution in [1.82, 2.24) is 0 Å². The van der Waals surface area contributed by atoms with Crippen molar-refractivity contribution in [2.45, 2.75) is 58.5 Å². The Morgan fingerprint density at radius 2 is 2.00 bits per heavy atom. The number of ether oxygens (including phenoxy) is 1. The third-order valence-corrected chi connectivity index (χ3v) is 2.79. The third-order valence-electron chi connectivity index (χ3n) is 2.79. The molecule has 0 aliphatic heterocycles. The highest BCUT2D eigenvalue weighted by atomic mass is 16.5. The van der Waals surface area contributed by atoms with E-state index in [-0.39, 0.29) is 0 Å². The minimum atomic E-state index is 0.449. The van der Waals surface area contributed by atoms with Gasteiger partial charge in [0.05, 0.1) is 12.7 Å². The van der Waals surface area contributed by atoms with E-state index in [4.69, 9.17) is 4.74 Å². The fourth-order valence-electron chi connectivity index (χ4n) is 1.96. The van der Waals surface area contributed by atoms with Crippen LogP contribution >= 0.6 is 0 Å². The van der Waals surface area contributed by atoms with Gasteiger partial charge in [0.2, 0.25) is 0 Å². The lowest BCUT2D eigenvalue weighted by Crippen LogP contribution is -2.22. The smallest absolute Gasteiger partial charge is 0.0837 e. The van der Waals surface area contributed by atoms with E-state index in [1.165, 1.54) is 32.1 Å². The minimum absolute atomic E-state index is 0.449. The Bertz CT molecular complexity index is 106. The normalized spacial score (nSPS) is 22.5. The predicted molar refractivity (Wildman–Crippen MR) is 51.7 cm³/mol. The molecule has 0 aromatic carbocycles. The van der Waals surface area contributed by atoms with Gasteiger partial charge in [0.15, 0.2) is 0 Å². The zero-order valence-electron chi connectivity index (χ0n) is 8.38. The quantitative estimate of drug-likeness (QED) is 0.625. The zero-order valence-corrected chi connectivity index (χ0v) is 8.38. The summed E-state index contributed by atoms with van der Waals surface area (Å²) >= 11 is 0. The van der Waals surface area contributed by atoms with Gasteiger partial charge in [-0.15, -0.1) is 0 Å². The van der Waals surface area contributed by atoms with Crippen LogP contribution in [0.25, 0.3) is 0 Å². The van der Waals surface area contributed by atoms with Crippen LogP contribution in [0.15, 0.2) is 0 Å². The lowest BCUT2D eigenvalue weighted by Gasteiger charge is -2.27. The van der Waals surface area contributed by atoms with Crippen molar-refractivity contribution in [2.75, 3.05) is 0 Å². The molecule has 0 saturated heterocycles. The fourth-order valence-corrected chi connectivity index (χ4v) is 1.96. The zero-order chi connectivity index (χ0) is 8.81. The van der Waals surface area contributed by atoms with Crippen molar-refractivity contribution in [1.29, 1.82) is 0 Å². The van der Waals surface area contributed by atoms with Crippen LogP contribution in [0.5, 0.6) is 0 Å². The second-order valence-electron chi connectivity index (χ2n) is 3.81. The van der Waals surface area contributed by atoms with Crippen LogP contribution in [-0.4, -0.2) is 6.10 Å². The Morgan fingerprint density at radius 1 is 1.33 bits per heavy atom. The van der Waals surface area contributed by atoms with Gasteiger partial charge >= 0.3 is 0 Å². The Kier molecular flexibility index (Phi) is 4.67. The van der Waals surface area contributed by atoms with Crippen molar-refractivity contribution in [3.05, 3.63) is 6.61 Å². The van der Waals surface area contributed by atoms with Crippen LogP contribution in [-0.2, 0) is 4.74 Å². The van der Waals surface area contributed by atoms with E-state index in [9.17, 15) is 0 Å². The number of hydrogen-bond donors (Lipinski definition) is 0. The highest BCUT2D eigenvalue weighted by Gasteiger charge is 2.19. The summed E-state index contributed by atoms with van der Waals surface area (Å²) in [5.74, 6) is 0.821. The molecule has 71 valence electrons. The summed E-state index contributed by atoms with van der Waals surface area (Å²) in [7, 11) is 0. The lowest BCUT2D eigenvalue weighted by atomic mass is 9.86. The Balaban J connectivity index is 2.15. The number of rotatable bonds is 4. The average molecular weight is 169 g/mol. The van der Waals surface area contributed by atoms with Crippen LogP contribution in [0, 0.1) is 12.5 Å². The molecular weight excluding hydrogens is 148 g/mol. The Morgan fingerprint density at radius 3 is 2.58 bits per heavy atom. The SMILES string of the molecule is CC[CH]OC(C)C1CCCCC1. The van der Waals surface area contributed by atoms with Crippen LogP contribution in [0.3, 0.4) is 0 Å². The van der Waals surface area contributed by atoms with E-state index in [0.717, 1.165) is 12.3 Å². The van der Waals surface area contributed by atoms with Crippen LogP contribution < -0.4 is 0 Å². The molecule has 1 rings (SSSR count). The van der Waals surface area contributed by atoms with Gasteiger partial charge in [0.25, 0.3) is 0 Å². The van der Waals surface area contributed by atoms with Crippen molar-refractivity contribution >= 4 is 0 Å². The molecule has 1 saturated carbocycles. The standard InChI is InChI=1S/C11H21O/c1-3-9-12-10(2)11-7-5-4-6-8-11/h9-11H,3-8H2,1-2H3. The van der Waals surface area contributed by atoms with E-state index >= 15 is 0 Å². The lowest BCUT2D eigenvalue weighted by molar-refractivity contribution is 0.0509. The molecule has 1 aliphatic rings. The molecule has 0 bridgehead atoms. The molecular formula is C11H21O. The minimum Gasteiger partial charge on any atom is -0.372 e. The molecule has 1 nitrogen and oxygen atoms in total. The van der Waals surface area contributed by atoms with Gasteiger partial charge in [-0.05, 0) is 32.1 Å². The molecule has 1 radical (unpaired) electrons. The number of hydrogen-bond acceptors (Lipinski definition) is 1. The molecule has 1 atom stereocenters. The molecule has 12 heavy (non-hydrogen) atoms. The topological polar surface area (TPSA) is 9.23 Å². The van der Waals surface area contributed by atoms with Gasteiger partial charge in [-0.2, -0.15) is 0 Å². The summed E-state index contributed by atoms with van der Waals surface area (Å²) < 4.78 is 5.61. The van der Waals surface area contributed by atoms with Gasteiger partial charge in [-0.25, -0.2) is 0 Å². The summed E-state index contributed by atoms with van der Waals surface area (Å²) in [4.78, 5) is 0. The molecule has 0 aromatic heterocycles. The van der Waals surface area contributed by atoms with E-state index < -0.39 is 0 Å². The maximum atomic E-state index is 5.61. The molecule has 1 aliphatic carbocycles. The van der Waals surface area contributed by atoms with Gasteiger partial charge in [0.1, 0.15) is 0 Å². The molecule has 0 heterocycles. The molecule has 1 heteroatoms. The largest absolute Gasteiger partial charge is 0.372 e. The highest BCUT2D eigenvalue weighted by molar-refractivity contribution is 4.72. The van der Waals surface area contributed by atoms with Crippen molar-refractivity contribution in [3.63, 3.8) is 0 Å². The van der Waals surface area contributed by atoms with Gasteiger partial charge < -0.3 is 4.74 Å². The van der Waals surface area contributed by atoms with Crippen molar-refractivity contribution in [2.24, 2.45) is 5.92 Å². The van der Waals surface area contributed by atoms with Crippen LogP contribution in [0.1, 0.15) is 52.4 Å². The van der Waals surface area contributed by atoms with Crippen molar-refractivity contribution in [3.8, 4) is 0 Å². The molecule has 0 aromatic rings. The van der Waals surface area contributed by atoms with Gasteiger partial charge in [0, 0.05) is 0 Å². The first-order valence-electron chi connectivity index (χ1n) is 5.31. The second kappa shape index (κ2) is 5.58. The molecule has 0 N–H and O–H groups in total. The predicted octanol–water partition coefficient (Wildman–Crippen LogP) is 3.54. The van der Waals surface area contributed by atoms with Crippen LogP contribution in [0.4, 0.5) is 0 Å². The average Bonchev–Trinajstić information content (AvgIpc) is 2.15. The van der Waals surface area contributed by atoms with Gasteiger partial charge in [-0.3, -0.25) is 0 Å². The van der Waals surface area contributed by atoms with E-state index in [1.807, 2.05) is 6.61 Å². The summed E-state index contributed by atoms with van der Waals surface area (Å²) in [5.41, 5.74) is 0. The first-order chi connectivity index (χ1) is 5.84. The van der Waals surface area contributed by atoms with E-state index in [1.54, 1.807) is 0 Å². The highest BCUT2D eigenvalue weighted by Crippen LogP contribution is 2.28. The van der Waals surface area contributed by atoms with Crippen LogP contribution in [0.2, 0.25) is 0 Å². The Labute approximate surface area is 76.5 Å². The summed E-state index contributed by atoms with van der Waals surface area (Å²) in [6.45, 7) is 6.27. The first kappa shape index (κ1) is 10.0. The summed E-state index contributed by atoms with van der Waals surface area (Å²) in [6.07, 6.45) is 8.47. The fraction of sp³-hybridized carbons (Fsp3) is 0.909. The summed E-state index contributed by atoms with van der Waals surface area (Å²) in [5, 5.41) is 0. The van der Waals surface area contributed by atoms with E-state index in [2.05, 4.69) is 13.8 Å². The monoisotopic (exact) mass is 169 g/mol. The third kappa shape index (κ3) is 3.14. The first-order valence-corrected chi connectivity index (χ1v) is 5.31. The molecule has 1 unspecified atom stereocenters. The van der Waals surface area contributed by atoms with Crippen molar-refractivity contribution < 1.29 is 4.74 Å². The van der Waals surface area contributed by atoms with E-state index in [0.29, 0.717) is 6.10 Å². The van der Waals surface area contributed by atoms with Gasteiger partial charge in [-0.1, -0.05) is 26.2 Å². The molecule has 0 spiro atoms. The second-order valence-corrected chi connectivity index (χ2v) is 3.81. The molecule has 0 amide bonds. The maximum Gasteiger partial charge on any atom is 0.0837 e. The summed E-state index contributed by atoms with van der Waals surface area (Å²) in [6, 6.07) is 0. The Hall–Kier alpha value is -0.0400. The maximum absolute atomic E-state index is 5.61. The molecule has 1 fully saturated rings.